The van der Waals surface area contributed by atoms with Crippen LogP contribution in [0.15, 0.2) is 0 Å². The van der Waals surface area contributed by atoms with Gasteiger partial charge in [-0.1, -0.05) is 13.8 Å². The van der Waals surface area contributed by atoms with Crippen LogP contribution in [0.25, 0.3) is 0 Å². The van der Waals surface area contributed by atoms with Crippen molar-refractivity contribution in [2.75, 3.05) is 27.3 Å². The van der Waals surface area contributed by atoms with E-state index in [2.05, 4.69) is 25.8 Å². The van der Waals surface area contributed by atoms with Crippen LogP contribution < -0.4 is 0 Å². The highest BCUT2D eigenvalue weighted by atomic mass is 16.5. The molecule has 1 aliphatic rings. The predicted octanol–water partition coefficient (Wildman–Crippen LogP) is 1.36. The fourth-order valence-electron chi connectivity index (χ4n) is 1.89. The topological polar surface area (TPSA) is 12.5 Å². The highest BCUT2D eigenvalue weighted by Gasteiger charge is 2.37. The smallest absolute Gasteiger partial charge is 0.0623 e. The van der Waals surface area contributed by atoms with Gasteiger partial charge in [0.15, 0.2) is 0 Å². The van der Waals surface area contributed by atoms with E-state index in [1.54, 1.807) is 7.11 Å². The van der Waals surface area contributed by atoms with Crippen LogP contribution in [0.5, 0.6) is 0 Å². The molecule has 0 unspecified atom stereocenters. The monoisotopic (exact) mass is 157 g/mol. The number of likely N-dealkylation sites (tertiary alicyclic amines) is 1. The summed E-state index contributed by atoms with van der Waals surface area (Å²) in [7, 11) is 3.96. The Balaban J connectivity index is 2.57. The molecule has 2 heteroatoms. The van der Waals surface area contributed by atoms with Gasteiger partial charge < -0.3 is 9.64 Å². The SMILES string of the molecule is COC[C@H]1N(C)CCC1(C)C. The second kappa shape index (κ2) is 3.11. The van der Waals surface area contributed by atoms with Crippen molar-refractivity contribution in [3.8, 4) is 0 Å². The lowest BCUT2D eigenvalue weighted by molar-refractivity contribution is 0.0848. The van der Waals surface area contributed by atoms with E-state index >= 15 is 0 Å². The summed E-state index contributed by atoms with van der Waals surface area (Å²) in [6.45, 7) is 6.71. The number of likely N-dealkylation sites (N-methyl/N-ethyl adjacent to an activating group) is 1. The zero-order valence-corrected chi connectivity index (χ0v) is 8.05. The molecule has 0 radical (unpaired) electrons. The molecule has 0 aromatic heterocycles. The number of hydrogen-bond donors (Lipinski definition) is 0. The summed E-state index contributed by atoms with van der Waals surface area (Å²) in [4.78, 5) is 2.39. The quantitative estimate of drug-likeness (QED) is 0.600. The molecule has 66 valence electrons. The molecule has 0 bridgehead atoms. The van der Waals surface area contributed by atoms with Crippen molar-refractivity contribution >= 4 is 0 Å². The van der Waals surface area contributed by atoms with Crippen LogP contribution in [0, 0.1) is 5.41 Å². The number of rotatable bonds is 2. The van der Waals surface area contributed by atoms with E-state index in [1.807, 2.05) is 0 Å². The van der Waals surface area contributed by atoms with Crippen molar-refractivity contribution in [2.24, 2.45) is 5.41 Å². The third kappa shape index (κ3) is 1.74. The summed E-state index contributed by atoms with van der Waals surface area (Å²) in [5.74, 6) is 0. The lowest BCUT2D eigenvalue weighted by Crippen LogP contribution is -2.37. The Morgan fingerprint density at radius 3 is 2.55 bits per heavy atom. The van der Waals surface area contributed by atoms with E-state index in [1.165, 1.54) is 13.0 Å². The molecule has 1 rings (SSSR count). The maximum absolute atomic E-state index is 5.19. The van der Waals surface area contributed by atoms with Gasteiger partial charge in [-0.05, 0) is 25.4 Å². The second-order valence-electron chi connectivity index (χ2n) is 4.19. The Hall–Kier alpha value is -0.0800. The molecule has 1 atom stereocenters. The van der Waals surface area contributed by atoms with Gasteiger partial charge in [0.05, 0.1) is 6.61 Å². The molecule has 1 fully saturated rings. The molecule has 2 nitrogen and oxygen atoms in total. The Kier molecular flexibility index (Phi) is 2.55. The van der Waals surface area contributed by atoms with Gasteiger partial charge in [-0.2, -0.15) is 0 Å². The van der Waals surface area contributed by atoms with Crippen LogP contribution in [0.4, 0.5) is 0 Å². The molecule has 0 amide bonds. The molecular formula is C9H19NO. The molecule has 0 aliphatic carbocycles. The van der Waals surface area contributed by atoms with Gasteiger partial charge in [0, 0.05) is 13.2 Å². The maximum atomic E-state index is 5.19. The van der Waals surface area contributed by atoms with E-state index in [4.69, 9.17) is 4.74 Å². The number of hydrogen-bond acceptors (Lipinski definition) is 2. The van der Waals surface area contributed by atoms with Gasteiger partial charge in [0.2, 0.25) is 0 Å². The predicted molar refractivity (Wildman–Crippen MR) is 46.7 cm³/mol. The molecule has 0 aromatic rings. The highest BCUT2D eigenvalue weighted by molar-refractivity contribution is 4.91. The standard InChI is InChI=1S/C9H19NO/c1-9(2)5-6-10(3)8(9)7-11-4/h8H,5-7H2,1-4H3/t8-/m1/s1. The Morgan fingerprint density at radius 2 is 2.18 bits per heavy atom. The number of ether oxygens (including phenoxy) is 1. The van der Waals surface area contributed by atoms with Crippen molar-refractivity contribution in [3.63, 3.8) is 0 Å². The average molecular weight is 157 g/mol. The van der Waals surface area contributed by atoms with E-state index in [0.717, 1.165) is 6.61 Å². The first kappa shape index (κ1) is 9.01. The summed E-state index contributed by atoms with van der Waals surface area (Å²) < 4.78 is 5.19. The summed E-state index contributed by atoms with van der Waals surface area (Å²) >= 11 is 0. The van der Waals surface area contributed by atoms with Gasteiger partial charge in [0.25, 0.3) is 0 Å². The number of nitrogens with zero attached hydrogens (tertiary/aromatic N) is 1. The first-order chi connectivity index (χ1) is 5.08. The van der Waals surface area contributed by atoms with E-state index in [9.17, 15) is 0 Å². The molecular weight excluding hydrogens is 138 g/mol. The third-order valence-electron chi connectivity index (χ3n) is 2.87. The van der Waals surface area contributed by atoms with E-state index in [-0.39, 0.29) is 0 Å². The molecule has 0 saturated carbocycles. The lowest BCUT2D eigenvalue weighted by atomic mass is 9.85. The van der Waals surface area contributed by atoms with Gasteiger partial charge in [-0.25, -0.2) is 0 Å². The first-order valence-electron chi connectivity index (χ1n) is 4.27. The van der Waals surface area contributed by atoms with Gasteiger partial charge in [0.1, 0.15) is 0 Å². The van der Waals surface area contributed by atoms with Crippen molar-refractivity contribution < 1.29 is 4.74 Å². The zero-order chi connectivity index (χ0) is 8.48. The molecule has 1 heterocycles. The lowest BCUT2D eigenvalue weighted by Gasteiger charge is -2.29. The van der Waals surface area contributed by atoms with Crippen molar-refractivity contribution in [1.29, 1.82) is 0 Å². The van der Waals surface area contributed by atoms with Crippen LogP contribution in [0.3, 0.4) is 0 Å². The van der Waals surface area contributed by atoms with Crippen molar-refractivity contribution in [1.82, 2.24) is 4.90 Å². The van der Waals surface area contributed by atoms with Crippen molar-refractivity contribution in [2.45, 2.75) is 26.3 Å². The summed E-state index contributed by atoms with van der Waals surface area (Å²) in [5.41, 5.74) is 0.435. The third-order valence-corrected chi connectivity index (χ3v) is 2.87. The van der Waals surface area contributed by atoms with E-state index < -0.39 is 0 Å². The molecule has 0 N–H and O–H groups in total. The van der Waals surface area contributed by atoms with Gasteiger partial charge in [-0.15, -0.1) is 0 Å². The largest absolute Gasteiger partial charge is 0.383 e. The minimum atomic E-state index is 0.435. The average Bonchev–Trinajstić information content (AvgIpc) is 2.16. The van der Waals surface area contributed by atoms with Gasteiger partial charge in [-0.3, -0.25) is 0 Å². The summed E-state index contributed by atoms with van der Waals surface area (Å²) in [6, 6.07) is 0.604. The molecule has 1 saturated heterocycles. The van der Waals surface area contributed by atoms with Crippen LogP contribution >= 0.6 is 0 Å². The molecule has 11 heavy (non-hydrogen) atoms. The van der Waals surface area contributed by atoms with Gasteiger partial charge >= 0.3 is 0 Å². The minimum Gasteiger partial charge on any atom is -0.383 e. The Labute approximate surface area is 69.5 Å². The Morgan fingerprint density at radius 1 is 1.55 bits per heavy atom. The highest BCUT2D eigenvalue weighted by Crippen LogP contribution is 2.34. The summed E-state index contributed by atoms with van der Waals surface area (Å²) in [6.07, 6.45) is 1.29. The van der Waals surface area contributed by atoms with Crippen LogP contribution in [-0.2, 0) is 4.74 Å². The van der Waals surface area contributed by atoms with Crippen LogP contribution in [-0.4, -0.2) is 38.3 Å². The molecule has 0 aromatic carbocycles. The zero-order valence-electron chi connectivity index (χ0n) is 8.05. The molecule has 1 aliphatic heterocycles. The fourth-order valence-corrected chi connectivity index (χ4v) is 1.89. The molecule has 0 spiro atoms. The van der Waals surface area contributed by atoms with Crippen molar-refractivity contribution in [3.05, 3.63) is 0 Å². The minimum absolute atomic E-state index is 0.435. The fraction of sp³-hybridized carbons (Fsp3) is 1.00. The number of methoxy groups -OCH3 is 1. The first-order valence-corrected chi connectivity index (χ1v) is 4.27. The van der Waals surface area contributed by atoms with E-state index in [0.29, 0.717) is 11.5 Å². The Bertz CT molecular complexity index is 134. The summed E-state index contributed by atoms with van der Waals surface area (Å²) in [5, 5.41) is 0. The van der Waals surface area contributed by atoms with Crippen LogP contribution in [0.1, 0.15) is 20.3 Å². The second-order valence-corrected chi connectivity index (χ2v) is 4.19. The maximum Gasteiger partial charge on any atom is 0.0623 e. The van der Waals surface area contributed by atoms with Crippen LogP contribution in [0.2, 0.25) is 0 Å². The normalized spacial score (nSPS) is 31.1.